The zero-order valence-electron chi connectivity index (χ0n) is 14.5. The summed E-state index contributed by atoms with van der Waals surface area (Å²) in [7, 11) is 1.25. The number of thioether (sulfide) groups is 1. The van der Waals surface area contributed by atoms with Gasteiger partial charge in [-0.15, -0.1) is 0 Å². The highest BCUT2D eigenvalue weighted by atomic mass is 32.2. The Hall–Kier alpha value is -2.66. The maximum atomic E-state index is 12.5. The number of hydrogen-bond donors (Lipinski definition) is 1. The van der Waals surface area contributed by atoms with Gasteiger partial charge in [0.15, 0.2) is 5.75 Å². The van der Waals surface area contributed by atoms with Crippen molar-refractivity contribution in [1.29, 1.82) is 0 Å². The van der Waals surface area contributed by atoms with Crippen LogP contribution < -0.4 is 4.74 Å². The third-order valence-corrected chi connectivity index (χ3v) is 4.80. The molecule has 1 aliphatic rings. The van der Waals surface area contributed by atoms with Gasteiger partial charge < -0.3 is 14.6 Å². The molecule has 0 atom stereocenters. The van der Waals surface area contributed by atoms with Crippen LogP contribution in [0.15, 0.2) is 17.0 Å². The predicted octanol–water partition coefficient (Wildman–Crippen LogP) is 2.46. The number of thiocarbonyl (C=S) groups is 1. The van der Waals surface area contributed by atoms with Crippen molar-refractivity contribution in [1.82, 2.24) is 4.90 Å². The summed E-state index contributed by atoms with van der Waals surface area (Å²) in [6.07, 6.45) is 2.04. The SMILES string of the molecule is CCCOC(=O)CN1C(=O)/C(=C/c2cc(OC)c(O)c([N+](=O)[O-])c2)SC1=S. The number of aromatic hydroxyl groups is 1. The quantitative estimate of drug-likeness (QED) is 0.237. The zero-order valence-corrected chi connectivity index (χ0v) is 16.1. The molecule has 1 fully saturated rings. The van der Waals surface area contributed by atoms with Gasteiger partial charge in [-0.1, -0.05) is 30.9 Å². The Labute approximate surface area is 164 Å². The number of hydrogen-bond acceptors (Lipinski definition) is 9. The van der Waals surface area contributed by atoms with Crippen LogP contribution in [-0.2, 0) is 14.3 Å². The molecule has 2 rings (SSSR count). The van der Waals surface area contributed by atoms with E-state index >= 15 is 0 Å². The van der Waals surface area contributed by atoms with Crippen molar-refractivity contribution >= 4 is 51.9 Å². The van der Waals surface area contributed by atoms with E-state index in [0.717, 1.165) is 22.7 Å². The average molecular weight is 412 g/mol. The number of carbonyl (C=O) groups excluding carboxylic acids is 2. The van der Waals surface area contributed by atoms with Gasteiger partial charge in [0.25, 0.3) is 5.91 Å². The summed E-state index contributed by atoms with van der Waals surface area (Å²) in [4.78, 5) is 35.8. The average Bonchev–Trinajstić information content (AvgIpc) is 2.88. The molecule has 1 amide bonds. The first-order valence-electron chi connectivity index (χ1n) is 7.74. The first-order valence-corrected chi connectivity index (χ1v) is 8.97. The molecule has 9 nitrogen and oxygen atoms in total. The topological polar surface area (TPSA) is 119 Å². The summed E-state index contributed by atoms with van der Waals surface area (Å²) >= 11 is 6.09. The minimum atomic E-state index is -0.760. The summed E-state index contributed by atoms with van der Waals surface area (Å²) < 4.78 is 10.1. The number of methoxy groups -OCH3 is 1. The summed E-state index contributed by atoms with van der Waals surface area (Å²) in [5.74, 6) is -1.79. The zero-order chi connectivity index (χ0) is 20.1. The lowest BCUT2D eigenvalue weighted by Gasteiger charge is -2.13. The van der Waals surface area contributed by atoms with Crippen molar-refractivity contribution in [3.63, 3.8) is 0 Å². The fourth-order valence-electron chi connectivity index (χ4n) is 2.17. The van der Waals surface area contributed by atoms with Gasteiger partial charge in [-0.05, 0) is 24.1 Å². The molecule has 1 aromatic carbocycles. The summed E-state index contributed by atoms with van der Waals surface area (Å²) in [6, 6.07) is 2.46. The Balaban J connectivity index is 2.28. The molecule has 1 aromatic rings. The smallest absolute Gasteiger partial charge is 0.326 e. The van der Waals surface area contributed by atoms with Crippen LogP contribution >= 0.6 is 24.0 Å². The van der Waals surface area contributed by atoms with E-state index in [1.165, 1.54) is 19.3 Å². The number of nitro benzene ring substituents is 1. The number of phenols is 1. The second-order valence-corrected chi connectivity index (χ2v) is 7.01. The number of nitrogens with zero attached hydrogens (tertiary/aromatic N) is 2. The molecule has 27 heavy (non-hydrogen) atoms. The molecule has 0 radical (unpaired) electrons. The lowest BCUT2D eigenvalue weighted by atomic mass is 10.1. The van der Waals surface area contributed by atoms with Gasteiger partial charge in [-0.2, -0.15) is 0 Å². The van der Waals surface area contributed by atoms with E-state index in [9.17, 15) is 24.8 Å². The maximum Gasteiger partial charge on any atom is 0.326 e. The minimum absolute atomic E-state index is 0.103. The largest absolute Gasteiger partial charge is 0.500 e. The molecule has 0 saturated carbocycles. The lowest BCUT2D eigenvalue weighted by Crippen LogP contribution is -2.34. The molecule has 0 aliphatic carbocycles. The summed E-state index contributed by atoms with van der Waals surface area (Å²) in [5, 5.41) is 20.9. The van der Waals surface area contributed by atoms with Crippen molar-refractivity contribution in [2.45, 2.75) is 13.3 Å². The molecule has 1 aliphatic heterocycles. The van der Waals surface area contributed by atoms with Gasteiger partial charge in [0.2, 0.25) is 5.75 Å². The highest BCUT2D eigenvalue weighted by Gasteiger charge is 2.34. The van der Waals surface area contributed by atoms with E-state index in [1.807, 2.05) is 6.92 Å². The van der Waals surface area contributed by atoms with Gasteiger partial charge >= 0.3 is 11.7 Å². The number of ether oxygens (including phenoxy) is 2. The highest BCUT2D eigenvalue weighted by Crippen LogP contribution is 2.39. The van der Waals surface area contributed by atoms with Gasteiger partial charge in [-0.25, -0.2) is 0 Å². The Bertz CT molecular complexity index is 838. The van der Waals surface area contributed by atoms with Crippen LogP contribution in [0.3, 0.4) is 0 Å². The molecule has 144 valence electrons. The molecule has 0 spiro atoms. The van der Waals surface area contributed by atoms with E-state index in [-0.39, 0.29) is 33.7 Å². The first kappa shape index (κ1) is 20.6. The molecule has 1 N–H and O–H groups in total. The van der Waals surface area contributed by atoms with E-state index < -0.39 is 28.2 Å². The lowest BCUT2D eigenvalue weighted by molar-refractivity contribution is -0.386. The van der Waals surface area contributed by atoms with Crippen LogP contribution in [-0.4, -0.2) is 51.4 Å². The van der Waals surface area contributed by atoms with Crippen molar-refractivity contribution < 1.29 is 29.1 Å². The second kappa shape index (κ2) is 8.82. The predicted molar refractivity (Wildman–Crippen MR) is 102 cm³/mol. The van der Waals surface area contributed by atoms with E-state index in [4.69, 9.17) is 21.7 Å². The first-order chi connectivity index (χ1) is 12.8. The van der Waals surface area contributed by atoms with E-state index in [1.54, 1.807) is 0 Å². The Morgan fingerprint density at radius 1 is 1.48 bits per heavy atom. The van der Waals surface area contributed by atoms with Gasteiger partial charge in [0.05, 0.1) is 23.5 Å². The summed E-state index contributed by atoms with van der Waals surface area (Å²) in [6.45, 7) is 1.79. The van der Waals surface area contributed by atoms with Crippen molar-refractivity contribution in [3.8, 4) is 11.5 Å². The molecule has 0 bridgehead atoms. The Morgan fingerprint density at radius 2 is 2.19 bits per heavy atom. The highest BCUT2D eigenvalue weighted by molar-refractivity contribution is 8.26. The third kappa shape index (κ3) is 4.74. The van der Waals surface area contributed by atoms with Crippen LogP contribution in [0.4, 0.5) is 5.69 Å². The molecular weight excluding hydrogens is 396 g/mol. The standard InChI is InChI=1S/C16H16N2O7S2/c1-3-4-25-13(19)8-17-15(21)12(27-16(17)26)7-9-5-10(18(22)23)14(20)11(6-9)24-2/h5-7,20H,3-4,8H2,1-2H3/b12-7-. The van der Waals surface area contributed by atoms with Crippen molar-refractivity contribution in [3.05, 3.63) is 32.7 Å². The molecule has 11 heteroatoms. The number of phenolic OH excluding ortho intramolecular Hbond substituents is 1. The molecular formula is C16H16N2O7S2. The molecule has 1 heterocycles. The second-order valence-electron chi connectivity index (χ2n) is 5.34. The van der Waals surface area contributed by atoms with Crippen LogP contribution in [0.1, 0.15) is 18.9 Å². The number of benzene rings is 1. The Morgan fingerprint density at radius 3 is 2.78 bits per heavy atom. The van der Waals surface area contributed by atoms with Gasteiger partial charge in [0.1, 0.15) is 10.9 Å². The van der Waals surface area contributed by atoms with Crippen LogP contribution in [0.2, 0.25) is 0 Å². The number of amides is 1. The van der Waals surface area contributed by atoms with Crippen LogP contribution in [0, 0.1) is 10.1 Å². The fraction of sp³-hybridized carbons (Fsp3) is 0.312. The number of esters is 1. The maximum absolute atomic E-state index is 12.5. The number of carbonyl (C=O) groups is 2. The van der Waals surface area contributed by atoms with E-state index in [0.29, 0.717) is 6.42 Å². The van der Waals surface area contributed by atoms with Crippen molar-refractivity contribution in [2.24, 2.45) is 0 Å². The number of rotatable bonds is 7. The van der Waals surface area contributed by atoms with Gasteiger partial charge in [0, 0.05) is 6.07 Å². The Kier molecular flexibility index (Phi) is 6.75. The minimum Gasteiger partial charge on any atom is -0.500 e. The monoisotopic (exact) mass is 412 g/mol. The summed E-state index contributed by atoms with van der Waals surface area (Å²) in [5.41, 5.74) is -0.287. The molecule has 1 saturated heterocycles. The van der Waals surface area contributed by atoms with Crippen LogP contribution in [0.25, 0.3) is 6.08 Å². The molecule has 0 aromatic heterocycles. The molecule has 0 unspecified atom stereocenters. The van der Waals surface area contributed by atoms with Crippen molar-refractivity contribution in [2.75, 3.05) is 20.3 Å². The third-order valence-electron chi connectivity index (χ3n) is 3.42. The number of nitro groups is 1. The van der Waals surface area contributed by atoms with Crippen LogP contribution in [0.5, 0.6) is 11.5 Å². The van der Waals surface area contributed by atoms with E-state index in [2.05, 4.69) is 0 Å². The van der Waals surface area contributed by atoms with Gasteiger partial charge in [-0.3, -0.25) is 24.6 Å². The fourth-order valence-corrected chi connectivity index (χ4v) is 3.43. The normalized spacial score (nSPS) is 15.3.